The van der Waals surface area contributed by atoms with Gasteiger partial charge in [0, 0.05) is 39.6 Å². The van der Waals surface area contributed by atoms with Crippen LogP contribution in [-0.4, -0.2) is 51.3 Å². The molecular formula is C27H34F3N2O4S2+. The van der Waals surface area contributed by atoms with Crippen molar-refractivity contribution in [3.63, 3.8) is 0 Å². The average molecular weight is 572 g/mol. The lowest BCUT2D eigenvalue weighted by atomic mass is 10.2. The first-order chi connectivity index (χ1) is 17.5. The first-order valence-electron chi connectivity index (χ1n) is 11.7. The predicted octanol–water partition coefficient (Wildman–Crippen LogP) is 7.14. The molecule has 11 heteroatoms. The second-order valence-corrected chi connectivity index (χ2v) is 14.6. The van der Waals surface area contributed by atoms with Crippen molar-refractivity contribution in [2.24, 2.45) is 0 Å². The van der Waals surface area contributed by atoms with E-state index in [0.29, 0.717) is 20.4 Å². The van der Waals surface area contributed by atoms with Gasteiger partial charge in [-0.05, 0) is 93.6 Å². The van der Waals surface area contributed by atoms with Crippen molar-refractivity contribution >= 4 is 31.8 Å². The summed E-state index contributed by atoms with van der Waals surface area (Å²) in [6.45, 7) is 5.63. The van der Waals surface area contributed by atoms with Crippen LogP contribution in [-0.2, 0) is 10.1 Å². The molecular weight excluding hydrogens is 537 g/mol. The molecule has 0 saturated carbocycles. The third-order valence-electron chi connectivity index (χ3n) is 5.48. The molecule has 0 spiro atoms. The monoisotopic (exact) mass is 571 g/mol. The molecule has 3 aromatic rings. The first-order valence-corrected chi connectivity index (χ1v) is 14.7. The highest BCUT2D eigenvalue weighted by Crippen LogP contribution is 2.69. The fourth-order valence-electron chi connectivity index (χ4n) is 3.67. The van der Waals surface area contributed by atoms with Crippen molar-refractivity contribution < 1.29 is 30.0 Å². The van der Waals surface area contributed by atoms with Crippen molar-refractivity contribution in [1.82, 2.24) is 0 Å². The van der Waals surface area contributed by atoms with Crippen LogP contribution in [0.25, 0.3) is 0 Å². The van der Waals surface area contributed by atoms with Crippen molar-refractivity contribution in [3.05, 3.63) is 72.8 Å². The molecule has 3 aromatic carbocycles. The van der Waals surface area contributed by atoms with Gasteiger partial charge in [-0.15, -0.1) is 8.42 Å². The van der Waals surface area contributed by atoms with E-state index in [4.69, 9.17) is 4.74 Å². The van der Waals surface area contributed by atoms with Gasteiger partial charge in [0.25, 0.3) is 0 Å². The fraction of sp³-hybridized carbons (Fsp3) is 0.333. The average Bonchev–Trinajstić information content (AvgIpc) is 2.81. The van der Waals surface area contributed by atoms with Crippen LogP contribution in [0.3, 0.4) is 0 Å². The molecule has 0 fully saturated rings. The number of anilines is 2. The molecule has 3 rings (SSSR count). The van der Waals surface area contributed by atoms with Crippen LogP contribution in [0, 0.1) is 0 Å². The van der Waals surface area contributed by atoms with E-state index in [9.17, 15) is 21.6 Å². The van der Waals surface area contributed by atoms with Gasteiger partial charge in [-0.25, -0.2) is 0 Å². The smallest absolute Gasteiger partial charge is 0.488 e. The number of halogens is 3. The molecule has 0 unspecified atom stereocenters. The first kappa shape index (κ1) is 29.7. The normalized spacial score (nSPS) is 13.2. The third kappa shape index (κ3) is 6.39. The molecule has 0 aliphatic heterocycles. The largest absolute Gasteiger partial charge is 0.572 e. The Morgan fingerprint density at radius 3 is 1.29 bits per heavy atom. The second kappa shape index (κ2) is 10.7. The van der Waals surface area contributed by atoms with E-state index in [2.05, 4.69) is 3.63 Å². The lowest BCUT2D eigenvalue weighted by molar-refractivity contribution is -0.0540. The summed E-state index contributed by atoms with van der Waals surface area (Å²) in [6, 6.07) is 19.9. The summed E-state index contributed by atoms with van der Waals surface area (Å²) < 4.78 is 76.4. The van der Waals surface area contributed by atoms with Crippen LogP contribution >= 0.6 is 10.3 Å². The molecule has 0 atom stereocenters. The van der Waals surface area contributed by atoms with E-state index in [1.54, 1.807) is 72.8 Å². The molecule has 0 aliphatic carbocycles. The van der Waals surface area contributed by atoms with Gasteiger partial charge in [0.15, 0.2) is 0 Å². The number of nitrogens with zero attached hydrogens (tertiary/aromatic N) is 2. The zero-order valence-electron chi connectivity index (χ0n) is 22.4. The number of hydrogen-bond acceptors (Lipinski definition) is 5. The lowest BCUT2D eigenvalue weighted by Crippen LogP contribution is -2.30. The molecule has 208 valence electrons. The minimum absolute atomic E-state index is 0.321. The minimum atomic E-state index is -5.88. The van der Waals surface area contributed by atoms with E-state index >= 15 is 0 Å². The van der Waals surface area contributed by atoms with Gasteiger partial charge >= 0.3 is 15.6 Å². The molecule has 0 bridgehead atoms. The molecule has 38 heavy (non-hydrogen) atoms. The van der Waals surface area contributed by atoms with Crippen LogP contribution in [0.2, 0.25) is 0 Å². The summed E-state index contributed by atoms with van der Waals surface area (Å²) in [7, 11) is -1.84. The van der Waals surface area contributed by atoms with E-state index in [1.165, 1.54) is 0 Å². The summed E-state index contributed by atoms with van der Waals surface area (Å²) in [5.74, 6) is 0.499. The van der Waals surface area contributed by atoms with Crippen LogP contribution in [0.1, 0.15) is 20.8 Å². The highest BCUT2D eigenvalue weighted by Gasteiger charge is 2.58. The lowest BCUT2D eigenvalue weighted by Gasteiger charge is -2.35. The molecule has 0 radical (unpaired) electrons. The van der Waals surface area contributed by atoms with E-state index in [0.717, 1.165) is 11.4 Å². The van der Waals surface area contributed by atoms with Crippen molar-refractivity contribution in [1.29, 1.82) is 0 Å². The summed E-state index contributed by atoms with van der Waals surface area (Å²) >= 11 is 0. The molecule has 0 aromatic heterocycles. The van der Waals surface area contributed by atoms with Crippen LogP contribution in [0.5, 0.6) is 5.75 Å². The number of hydrogen-bond donors (Lipinski definition) is 0. The number of ether oxygens (including phenoxy) is 1. The second-order valence-electron chi connectivity index (χ2n) is 10.0. The standard InChI is InChI=1S/C27H33F3N2O4S2/c1-26(2,3)35-22-12-18-25(19-13-22)37(36-38(33,34)27(28,29)30,23-14-8-20(9-15-23)31(4)5)24-16-10-21(11-17-24)32(6)7/h8-19H,1-7H3/p+1. The van der Waals surface area contributed by atoms with Gasteiger partial charge in [0.1, 0.15) is 11.4 Å². The molecule has 0 heterocycles. The highest BCUT2D eigenvalue weighted by molar-refractivity contribution is 8.32. The summed E-state index contributed by atoms with van der Waals surface area (Å²) in [5, 5.41) is 0. The molecule has 0 aliphatic rings. The maximum atomic E-state index is 13.8. The van der Waals surface area contributed by atoms with Gasteiger partial charge in [-0.2, -0.15) is 13.2 Å². The summed E-state index contributed by atoms with van der Waals surface area (Å²) in [4.78, 5) is 4.70. The Labute approximate surface area is 224 Å². The van der Waals surface area contributed by atoms with Crippen molar-refractivity contribution in [3.8, 4) is 5.75 Å². The number of alkyl halides is 3. The Bertz CT molecular complexity index is 1280. The zero-order chi connectivity index (χ0) is 28.5. The maximum absolute atomic E-state index is 13.8. The third-order valence-corrected chi connectivity index (χ3v) is 10.6. The Hall–Kier alpha value is -2.89. The van der Waals surface area contributed by atoms with E-state index in [1.807, 2.05) is 58.8 Å². The van der Waals surface area contributed by atoms with Gasteiger partial charge in [-0.3, -0.25) is 3.63 Å². The van der Waals surface area contributed by atoms with E-state index < -0.39 is 31.5 Å². The SMILES string of the molecule is CN(C)c1ccc(S([OH+]S(=O)(=O)C(F)(F)F)(c2ccc(OC(C)(C)C)cc2)c2ccc(N(C)C)cc2)cc1. The van der Waals surface area contributed by atoms with Crippen molar-refractivity contribution in [2.45, 2.75) is 46.6 Å². The molecule has 0 amide bonds. The Kier molecular flexibility index (Phi) is 8.35. The fourth-order valence-corrected chi connectivity index (χ4v) is 8.62. The quantitative estimate of drug-likeness (QED) is 0.163. The molecule has 0 saturated heterocycles. The maximum Gasteiger partial charge on any atom is 0.572 e. The summed E-state index contributed by atoms with van der Waals surface area (Å²) in [5.41, 5.74) is -4.46. The number of benzene rings is 3. The summed E-state index contributed by atoms with van der Waals surface area (Å²) in [6.07, 6.45) is 0. The molecule has 1 N–H and O–H groups in total. The Balaban J connectivity index is 2.36. The predicted molar refractivity (Wildman–Crippen MR) is 148 cm³/mol. The van der Waals surface area contributed by atoms with Crippen molar-refractivity contribution in [2.75, 3.05) is 38.0 Å². The number of rotatable bonds is 8. The van der Waals surface area contributed by atoms with Gasteiger partial charge in [0.05, 0.1) is 25.0 Å². The van der Waals surface area contributed by atoms with Crippen LogP contribution in [0.15, 0.2) is 87.5 Å². The van der Waals surface area contributed by atoms with Gasteiger partial charge < -0.3 is 14.5 Å². The van der Waals surface area contributed by atoms with Crippen LogP contribution in [0.4, 0.5) is 24.5 Å². The molecule has 6 nitrogen and oxygen atoms in total. The Morgan fingerprint density at radius 2 is 1.00 bits per heavy atom. The van der Waals surface area contributed by atoms with Gasteiger partial charge in [0.2, 0.25) is 0 Å². The zero-order valence-corrected chi connectivity index (χ0v) is 24.1. The Morgan fingerprint density at radius 1 is 0.658 bits per heavy atom. The topological polar surface area (TPSA) is 62.6 Å². The minimum Gasteiger partial charge on any atom is -0.488 e. The van der Waals surface area contributed by atoms with Gasteiger partial charge in [-0.1, -0.05) is 0 Å². The highest BCUT2D eigenvalue weighted by atomic mass is 32.3. The van der Waals surface area contributed by atoms with E-state index in [-0.39, 0.29) is 0 Å². The van der Waals surface area contributed by atoms with Crippen LogP contribution < -0.4 is 14.5 Å².